The molecule has 5 rings (SSSR count). The lowest BCUT2D eigenvalue weighted by atomic mass is 9.99. The zero-order chi connectivity index (χ0) is 21.6. The second-order valence-corrected chi connectivity index (χ2v) is 10.0. The maximum absolute atomic E-state index is 11.6. The van der Waals surface area contributed by atoms with E-state index in [-0.39, 0.29) is 0 Å². The first kappa shape index (κ1) is 19.8. The van der Waals surface area contributed by atoms with E-state index < -0.39 is 10.7 Å². The van der Waals surface area contributed by atoms with Gasteiger partial charge in [-0.2, -0.15) is 0 Å². The second kappa shape index (κ2) is 7.54. The monoisotopic (exact) mass is 429 g/mol. The fourth-order valence-electron chi connectivity index (χ4n) is 3.78. The van der Waals surface area contributed by atoms with Gasteiger partial charge in [-0.1, -0.05) is 54.2 Å². The highest BCUT2D eigenvalue weighted by Crippen LogP contribution is 2.44. The topological polar surface area (TPSA) is 75.1 Å². The third kappa shape index (κ3) is 3.83. The van der Waals surface area contributed by atoms with E-state index in [1.807, 2.05) is 24.3 Å². The van der Waals surface area contributed by atoms with Crippen LogP contribution in [0.25, 0.3) is 21.7 Å². The molecule has 0 spiro atoms. The van der Waals surface area contributed by atoms with Crippen molar-refractivity contribution in [1.29, 1.82) is 0 Å². The van der Waals surface area contributed by atoms with E-state index in [9.17, 15) is 9.90 Å². The summed E-state index contributed by atoms with van der Waals surface area (Å²) in [5.74, 6) is 0.448. The number of para-hydroxylation sites is 1. The van der Waals surface area contributed by atoms with Crippen molar-refractivity contribution in [3.63, 3.8) is 0 Å². The molecule has 0 amide bonds. The van der Waals surface area contributed by atoms with E-state index in [1.54, 1.807) is 13.8 Å². The Morgan fingerprint density at radius 3 is 2.35 bits per heavy atom. The summed E-state index contributed by atoms with van der Waals surface area (Å²) < 4.78 is -1.03. The average molecular weight is 430 g/mol. The third-order valence-corrected chi connectivity index (χ3v) is 6.72. The molecule has 2 N–H and O–H groups in total. The third-order valence-electron chi connectivity index (χ3n) is 5.67. The Morgan fingerprint density at radius 2 is 1.65 bits per heavy atom. The van der Waals surface area contributed by atoms with Crippen LogP contribution in [0.15, 0.2) is 65.8 Å². The summed E-state index contributed by atoms with van der Waals surface area (Å²) in [6.07, 6.45) is 2.51. The van der Waals surface area contributed by atoms with E-state index >= 15 is 0 Å². The molecular weight excluding hydrogens is 406 g/mol. The molecule has 31 heavy (non-hydrogen) atoms. The maximum Gasteiger partial charge on any atom is 0.319 e. The molecular formula is C25H23N3O2S. The van der Waals surface area contributed by atoms with Crippen molar-refractivity contribution < 1.29 is 9.90 Å². The van der Waals surface area contributed by atoms with Gasteiger partial charge in [0.15, 0.2) is 5.16 Å². The molecule has 4 aromatic rings. The Kier molecular flexibility index (Phi) is 4.82. The molecule has 156 valence electrons. The second-order valence-electron chi connectivity index (χ2n) is 8.44. The highest BCUT2D eigenvalue weighted by Gasteiger charge is 2.30. The van der Waals surface area contributed by atoms with Crippen LogP contribution >= 0.6 is 11.8 Å². The summed E-state index contributed by atoms with van der Waals surface area (Å²) in [6.45, 7) is 3.32. The standard InChI is InChI=1S/C25H23N3O2S/c1-25(2,23(29)30)31-24-27-20-10-6-5-9-19(20)22(28-24)26-21-14-13-16(15-11-12-15)17-7-3-4-8-18(17)21/h3-10,13-15H,11-12H2,1-2H3,(H,29,30)(H,26,27,28). The predicted molar refractivity (Wildman–Crippen MR) is 126 cm³/mol. The Labute approximate surface area is 184 Å². The van der Waals surface area contributed by atoms with E-state index in [4.69, 9.17) is 4.98 Å². The number of rotatable bonds is 6. The van der Waals surface area contributed by atoms with Crippen molar-refractivity contribution >= 4 is 50.9 Å². The van der Waals surface area contributed by atoms with Gasteiger partial charge in [0.05, 0.1) is 5.52 Å². The van der Waals surface area contributed by atoms with Crippen LogP contribution < -0.4 is 5.32 Å². The van der Waals surface area contributed by atoms with Crippen molar-refractivity contribution in [3.8, 4) is 0 Å². The molecule has 1 aliphatic carbocycles. The van der Waals surface area contributed by atoms with Gasteiger partial charge < -0.3 is 10.4 Å². The van der Waals surface area contributed by atoms with Gasteiger partial charge in [-0.15, -0.1) is 0 Å². The number of hydrogen-bond acceptors (Lipinski definition) is 5. The quantitative estimate of drug-likeness (QED) is 0.274. The van der Waals surface area contributed by atoms with Crippen molar-refractivity contribution in [2.24, 2.45) is 0 Å². The molecule has 0 atom stereocenters. The number of carboxylic acids is 1. The number of anilines is 2. The summed E-state index contributed by atoms with van der Waals surface area (Å²) in [5, 5.41) is 16.8. The summed E-state index contributed by atoms with van der Waals surface area (Å²) in [5.41, 5.74) is 3.17. The Bertz CT molecular complexity index is 1310. The molecule has 0 saturated heterocycles. The van der Waals surface area contributed by atoms with E-state index in [1.165, 1.54) is 23.8 Å². The first-order valence-corrected chi connectivity index (χ1v) is 11.2. The lowest BCUT2D eigenvalue weighted by Crippen LogP contribution is -2.27. The molecule has 1 fully saturated rings. The summed E-state index contributed by atoms with van der Waals surface area (Å²) in [4.78, 5) is 20.9. The zero-order valence-electron chi connectivity index (χ0n) is 17.4. The normalized spacial score (nSPS) is 14.1. The van der Waals surface area contributed by atoms with Gasteiger partial charge in [0.25, 0.3) is 0 Å². The van der Waals surface area contributed by atoms with E-state index in [0.717, 1.165) is 33.7 Å². The minimum atomic E-state index is -1.03. The van der Waals surface area contributed by atoms with Crippen molar-refractivity contribution in [3.05, 3.63) is 66.2 Å². The Morgan fingerprint density at radius 1 is 0.968 bits per heavy atom. The number of aromatic nitrogens is 2. The number of hydrogen-bond donors (Lipinski definition) is 2. The minimum Gasteiger partial charge on any atom is -0.480 e. The van der Waals surface area contributed by atoms with Crippen LogP contribution in [0.4, 0.5) is 11.5 Å². The number of thioether (sulfide) groups is 1. The summed E-state index contributed by atoms with van der Waals surface area (Å²) in [7, 11) is 0. The number of carboxylic acid groups (broad SMARTS) is 1. The van der Waals surface area contributed by atoms with Crippen molar-refractivity contribution in [2.75, 3.05) is 5.32 Å². The molecule has 5 nitrogen and oxygen atoms in total. The van der Waals surface area contributed by atoms with Crippen LogP contribution in [0, 0.1) is 0 Å². The SMILES string of the molecule is CC(C)(Sc1nc(Nc2ccc(C3CC3)c3ccccc23)c2ccccc2n1)C(=O)O. The van der Waals surface area contributed by atoms with Crippen LogP contribution in [0.5, 0.6) is 0 Å². The predicted octanol–water partition coefficient (Wildman–Crippen LogP) is 6.36. The number of carbonyl (C=O) groups is 1. The Hall–Kier alpha value is -3.12. The first-order chi connectivity index (χ1) is 14.9. The number of nitrogens with zero attached hydrogens (tertiary/aromatic N) is 2. The van der Waals surface area contributed by atoms with E-state index in [0.29, 0.717) is 16.9 Å². The van der Waals surface area contributed by atoms with Gasteiger partial charge in [0.2, 0.25) is 0 Å². The van der Waals surface area contributed by atoms with Crippen LogP contribution in [-0.2, 0) is 4.79 Å². The van der Waals surface area contributed by atoms with Gasteiger partial charge in [-0.3, -0.25) is 4.79 Å². The lowest BCUT2D eigenvalue weighted by molar-refractivity contribution is -0.138. The van der Waals surface area contributed by atoms with Gasteiger partial charge in [-0.05, 0) is 61.8 Å². The molecule has 1 aromatic heterocycles. The number of fused-ring (bicyclic) bond motifs is 2. The molecule has 1 heterocycles. The molecule has 6 heteroatoms. The molecule has 0 radical (unpaired) electrons. The molecule has 0 bridgehead atoms. The van der Waals surface area contributed by atoms with Crippen LogP contribution in [0.1, 0.15) is 38.2 Å². The maximum atomic E-state index is 11.6. The average Bonchev–Trinajstić information content (AvgIpc) is 3.59. The van der Waals surface area contributed by atoms with Gasteiger partial charge in [0.1, 0.15) is 10.6 Å². The molecule has 1 aliphatic rings. The largest absolute Gasteiger partial charge is 0.480 e. The van der Waals surface area contributed by atoms with Gasteiger partial charge in [-0.25, -0.2) is 9.97 Å². The zero-order valence-corrected chi connectivity index (χ0v) is 18.2. The number of benzene rings is 3. The fraction of sp³-hybridized carbons (Fsp3) is 0.240. The smallest absolute Gasteiger partial charge is 0.319 e. The van der Waals surface area contributed by atoms with Crippen molar-refractivity contribution in [2.45, 2.75) is 42.5 Å². The fourth-order valence-corrected chi connectivity index (χ4v) is 4.60. The van der Waals surface area contributed by atoms with Gasteiger partial charge >= 0.3 is 5.97 Å². The summed E-state index contributed by atoms with van der Waals surface area (Å²) in [6, 6.07) is 20.6. The van der Waals surface area contributed by atoms with E-state index in [2.05, 4.69) is 46.7 Å². The lowest BCUT2D eigenvalue weighted by Gasteiger charge is -2.19. The molecule has 3 aromatic carbocycles. The highest BCUT2D eigenvalue weighted by atomic mass is 32.2. The van der Waals surface area contributed by atoms with Crippen LogP contribution in [-0.4, -0.2) is 25.8 Å². The highest BCUT2D eigenvalue weighted by molar-refractivity contribution is 8.01. The Balaban J connectivity index is 1.61. The van der Waals surface area contributed by atoms with Crippen LogP contribution in [0.3, 0.4) is 0 Å². The molecule has 1 saturated carbocycles. The van der Waals surface area contributed by atoms with Gasteiger partial charge in [0, 0.05) is 16.5 Å². The molecule has 0 aliphatic heterocycles. The minimum absolute atomic E-state index is 0.438. The van der Waals surface area contributed by atoms with Crippen molar-refractivity contribution in [1.82, 2.24) is 9.97 Å². The van der Waals surface area contributed by atoms with Crippen LogP contribution in [0.2, 0.25) is 0 Å². The summed E-state index contributed by atoms with van der Waals surface area (Å²) >= 11 is 1.15. The molecule has 0 unspecified atom stereocenters. The first-order valence-electron chi connectivity index (χ1n) is 10.4. The number of nitrogens with one attached hydrogen (secondary N) is 1. The number of aliphatic carboxylic acids is 1.